The summed E-state index contributed by atoms with van der Waals surface area (Å²) >= 11 is 1.56. The van der Waals surface area contributed by atoms with Crippen molar-refractivity contribution < 1.29 is 14.3 Å². The molecule has 0 radical (unpaired) electrons. The molecule has 0 aliphatic heterocycles. The monoisotopic (exact) mass is 292 g/mol. The van der Waals surface area contributed by atoms with Crippen molar-refractivity contribution in [3.63, 3.8) is 0 Å². The fraction of sp³-hybridized carbons (Fsp3) is 0.286. The van der Waals surface area contributed by atoms with E-state index in [1.807, 2.05) is 44.3 Å². The summed E-state index contributed by atoms with van der Waals surface area (Å²) in [5, 5.41) is 4.28. The minimum atomic E-state index is -0.427. The normalized spacial score (nSPS) is 10.3. The van der Waals surface area contributed by atoms with Crippen molar-refractivity contribution in [2.24, 2.45) is 7.05 Å². The number of aryl methyl sites for hydroxylation is 1. The molecule has 1 aromatic carbocycles. The molecule has 0 atom stereocenters. The molecule has 0 spiro atoms. The van der Waals surface area contributed by atoms with Crippen LogP contribution in [-0.4, -0.2) is 29.5 Å². The van der Waals surface area contributed by atoms with Gasteiger partial charge in [0.2, 0.25) is 5.88 Å². The maximum Gasteiger partial charge on any atom is 0.343 e. The van der Waals surface area contributed by atoms with Crippen LogP contribution in [0.15, 0.2) is 40.1 Å². The minimum absolute atomic E-state index is 0.144. The van der Waals surface area contributed by atoms with Crippen molar-refractivity contribution in [2.75, 3.05) is 13.7 Å². The van der Waals surface area contributed by atoms with Crippen molar-refractivity contribution in [2.45, 2.75) is 16.7 Å². The molecule has 2 rings (SSSR count). The van der Waals surface area contributed by atoms with Gasteiger partial charge in [0.1, 0.15) is 0 Å². The van der Waals surface area contributed by atoms with Gasteiger partial charge in [0, 0.05) is 11.9 Å². The number of hydrogen-bond acceptors (Lipinski definition) is 5. The summed E-state index contributed by atoms with van der Waals surface area (Å²) < 4.78 is 11.7. The molecule has 1 heterocycles. The quantitative estimate of drug-likeness (QED) is 0.792. The number of ether oxygens (including phenoxy) is 2. The first-order valence-electron chi connectivity index (χ1n) is 6.08. The number of carbonyl (C=O) groups excluding carboxylic acids is 1. The molecule has 0 fully saturated rings. The lowest BCUT2D eigenvalue weighted by molar-refractivity contribution is -0.143. The van der Waals surface area contributed by atoms with Crippen molar-refractivity contribution in [3.8, 4) is 5.88 Å². The van der Waals surface area contributed by atoms with Gasteiger partial charge in [-0.2, -0.15) is 0 Å². The van der Waals surface area contributed by atoms with Crippen LogP contribution in [0.1, 0.15) is 5.69 Å². The number of nitrogens with zero attached hydrogens (tertiary/aromatic N) is 2. The second-order valence-electron chi connectivity index (χ2n) is 4.12. The summed E-state index contributed by atoms with van der Waals surface area (Å²) in [4.78, 5) is 13.2. The number of aromatic nitrogens is 2. The molecule has 0 bridgehead atoms. The van der Waals surface area contributed by atoms with Crippen LogP contribution >= 0.6 is 11.8 Å². The number of methoxy groups -OCH3 is 1. The summed E-state index contributed by atoms with van der Waals surface area (Å²) in [6, 6.07) is 9.95. The van der Waals surface area contributed by atoms with Crippen LogP contribution in [0.2, 0.25) is 0 Å². The molecule has 0 aliphatic carbocycles. The van der Waals surface area contributed by atoms with Gasteiger partial charge < -0.3 is 9.47 Å². The van der Waals surface area contributed by atoms with E-state index in [1.165, 1.54) is 7.11 Å². The Hall–Kier alpha value is -1.95. The Labute approximate surface area is 121 Å². The summed E-state index contributed by atoms with van der Waals surface area (Å²) in [6.07, 6.45) is 0. The molecular weight excluding hydrogens is 276 g/mol. The number of benzene rings is 1. The van der Waals surface area contributed by atoms with Gasteiger partial charge in [0.25, 0.3) is 0 Å². The lowest BCUT2D eigenvalue weighted by atomic mass is 10.4. The third-order valence-electron chi connectivity index (χ3n) is 2.77. The minimum Gasteiger partial charge on any atom is -0.466 e. The van der Waals surface area contributed by atoms with E-state index in [0.29, 0.717) is 5.88 Å². The van der Waals surface area contributed by atoms with Gasteiger partial charge in [-0.15, -0.1) is 5.10 Å². The van der Waals surface area contributed by atoms with Crippen LogP contribution in [-0.2, 0) is 16.6 Å². The van der Waals surface area contributed by atoms with E-state index in [4.69, 9.17) is 4.74 Å². The van der Waals surface area contributed by atoms with Crippen LogP contribution < -0.4 is 4.74 Å². The van der Waals surface area contributed by atoms with E-state index in [0.717, 1.165) is 15.5 Å². The molecule has 20 heavy (non-hydrogen) atoms. The van der Waals surface area contributed by atoms with Crippen molar-refractivity contribution in [1.82, 2.24) is 9.78 Å². The van der Waals surface area contributed by atoms with Gasteiger partial charge in [-0.25, -0.2) is 4.79 Å². The first-order chi connectivity index (χ1) is 9.61. The average molecular weight is 292 g/mol. The molecule has 0 aliphatic rings. The zero-order valence-electron chi connectivity index (χ0n) is 11.6. The van der Waals surface area contributed by atoms with Gasteiger partial charge in [-0.3, -0.25) is 4.68 Å². The van der Waals surface area contributed by atoms with E-state index in [9.17, 15) is 4.79 Å². The molecule has 0 saturated carbocycles. The molecular formula is C14H16N2O3S. The van der Waals surface area contributed by atoms with Crippen molar-refractivity contribution in [1.29, 1.82) is 0 Å². The number of esters is 1. The van der Waals surface area contributed by atoms with E-state index in [1.54, 1.807) is 16.4 Å². The van der Waals surface area contributed by atoms with E-state index >= 15 is 0 Å². The molecule has 2 aromatic rings. The number of hydrogen-bond donors (Lipinski definition) is 0. The van der Waals surface area contributed by atoms with Crippen LogP contribution in [0.25, 0.3) is 0 Å². The smallest absolute Gasteiger partial charge is 0.343 e. The van der Waals surface area contributed by atoms with Crippen LogP contribution in [0.4, 0.5) is 0 Å². The molecule has 0 saturated heterocycles. The molecule has 0 amide bonds. The lowest BCUT2D eigenvalue weighted by Gasteiger charge is -2.05. The topological polar surface area (TPSA) is 53.4 Å². The van der Waals surface area contributed by atoms with E-state index in [2.05, 4.69) is 9.84 Å². The fourth-order valence-corrected chi connectivity index (χ4v) is 2.56. The molecule has 1 aromatic heterocycles. The Balaban J connectivity index is 2.20. The average Bonchev–Trinajstić information content (AvgIpc) is 2.73. The van der Waals surface area contributed by atoms with Crippen LogP contribution in [0.5, 0.6) is 5.88 Å². The zero-order valence-corrected chi connectivity index (χ0v) is 12.4. The van der Waals surface area contributed by atoms with Gasteiger partial charge >= 0.3 is 5.97 Å². The van der Waals surface area contributed by atoms with E-state index < -0.39 is 5.97 Å². The first-order valence-corrected chi connectivity index (χ1v) is 6.89. The highest BCUT2D eigenvalue weighted by Crippen LogP contribution is 2.36. The SMILES string of the molecule is COC(=O)COc1nn(C)c(C)c1Sc1ccccc1. The Kier molecular flexibility index (Phi) is 4.68. The third-order valence-corrected chi connectivity index (χ3v) is 3.95. The largest absolute Gasteiger partial charge is 0.466 e. The van der Waals surface area contributed by atoms with Gasteiger partial charge in [0.05, 0.1) is 17.7 Å². The maximum absolute atomic E-state index is 11.2. The summed E-state index contributed by atoms with van der Waals surface area (Å²) in [5.41, 5.74) is 0.985. The highest BCUT2D eigenvalue weighted by atomic mass is 32.2. The van der Waals surface area contributed by atoms with Crippen molar-refractivity contribution >= 4 is 17.7 Å². The standard InChI is InChI=1S/C14H16N2O3S/c1-10-13(20-11-7-5-4-6-8-11)14(15-16(10)2)19-9-12(17)18-3/h4-8H,9H2,1-3H3. The second kappa shape index (κ2) is 6.47. The predicted octanol–water partition coefficient (Wildman–Crippen LogP) is 2.43. The van der Waals surface area contributed by atoms with Crippen LogP contribution in [0, 0.1) is 6.92 Å². The Bertz CT molecular complexity index is 596. The fourth-order valence-electron chi connectivity index (χ4n) is 1.56. The molecule has 6 heteroatoms. The third kappa shape index (κ3) is 3.33. The zero-order chi connectivity index (χ0) is 14.5. The Morgan fingerprint density at radius 2 is 2.05 bits per heavy atom. The van der Waals surface area contributed by atoms with Crippen molar-refractivity contribution in [3.05, 3.63) is 36.0 Å². The summed E-state index contributed by atoms with van der Waals surface area (Å²) in [6.45, 7) is 1.82. The van der Waals surface area contributed by atoms with E-state index in [-0.39, 0.29) is 6.61 Å². The van der Waals surface area contributed by atoms with Gasteiger partial charge in [-0.1, -0.05) is 30.0 Å². The number of carbonyl (C=O) groups is 1. The Morgan fingerprint density at radius 1 is 1.35 bits per heavy atom. The molecule has 5 nitrogen and oxygen atoms in total. The van der Waals surface area contributed by atoms with Gasteiger partial charge in [-0.05, 0) is 19.1 Å². The number of rotatable bonds is 5. The molecule has 0 N–H and O–H groups in total. The highest BCUT2D eigenvalue weighted by molar-refractivity contribution is 7.99. The maximum atomic E-state index is 11.2. The van der Waals surface area contributed by atoms with Gasteiger partial charge in [0.15, 0.2) is 6.61 Å². The second-order valence-corrected chi connectivity index (χ2v) is 5.21. The highest BCUT2D eigenvalue weighted by Gasteiger charge is 2.17. The Morgan fingerprint density at radius 3 is 2.70 bits per heavy atom. The molecule has 106 valence electrons. The first kappa shape index (κ1) is 14.5. The predicted molar refractivity (Wildman–Crippen MR) is 76.0 cm³/mol. The van der Waals surface area contributed by atoms with Crippen LogP contribution in [0.3, 0.4) is 0 Å². The summed E-state index contributed by atoms with van der Waals surface area (Å²) in [7, 11) is 3.17. The summed E-state index contributed by atoms with van der Waals surface area (Å²) in [5.74, 6) is 0.0215. The molecule has 0 unspecified atom stereocenters. The lowest BCUT2D eigenvalue weighted by Crippen LogP contribution is -2.13.